The molecule has 1 fully saturated rings. The van der Waals surface area contributed by atoms with Crippen LogP contribution < -0.4 is 11.1 Å². The first kappa shape index (κ1) is 13.5. The van der Waals surface area contributed by atoms with Gasteiger partial charge in [-0.1, -0.05) is 20.3 Å². The third kappa shape index (κ3) is 3.76. The van der Waals surface area contributed by atoms with Crippen molar-refractivity contribution >= 4 is 5.91 Å². The number of nitrogens with one attached hydrogen (secondary N) is 1. The fourth-order valence-corrected chi connectivity index (χ4v) is 2.16. The Morgan fingerprint density at radius 3 is 2.69 bits per heavy atom. The minimum absolute atomic E-state index is 0.00933. The molecule has 0 heterocycles. The maximum atomic E-state index is 11.9. The molecular formula is C12H24N2O2. The van der Waals surface area contributed by atoms with Crippen LogP contribution in [0.3, 0.4) is 0 Å². The lowest BCUT2D eigenvalue weighted by Gasteiger charge is -2.25. The minimum atomic E-state index is -0.0485. The quantitative estimate of drug-likeness (QED) is 0.646. The van der Waals surface area contributed by atoms with Crippen LogP contribution in [0.15, 0.2) is 0 Å². The van der Waals surface area contributed by atoms with E-state index in [4.69, 9.17) is 10.8 Å². The van der Waals surface area contributed by atoms with Crippen molar-refractivity contribution in [3.63, 3.8) is 0 Å². The molecule has 0 spiro atoms. The normalized spacial score (nSPS) is 25.8. The highest BCUT2D eigenvalue weighted by Crippen LogP contribution is 2.24. The molecule has 4 N–H and O–H groups in total. The molecular weight excluding hydrogens is 204 g/mol. The van der Waals surface area contributed by atoms with E-state index >= 15 is 0 Å². The Kier molecular flexibility index (Phi) is 4.74. The number of amides is 1. The van der Waals surface area contributed by atoms with Crippen molar-refractivity contribution in [1.82, 2.24) is 5.32 Å². The van der Waals surface area contributed by atoms with E-state index in [0.717, 1.165) is 19.3 Å². The average molecular weight is 228 g/mol. The standard InChI is InChI=1S/C12H24N2O2/c1-12(2,6-7-15)8-14-11(16)9-4-3-5-10(9)13/h9-10,15H,3-8,13H2,1-2H3,(H,14,16). The van der Waals surface area contributed by atoms with E-state index in [1.54, 1.807) is 0 Å². The van der Waals surface area contributed by atoms with E-state index in [0.29, 0.717) is 13.0 Å². The van der Waals surface area contributed by atoms with E-state index < -0.39 is 0 Å². The summed E-state index contributed by atoms with van der Waals surface area (Å²) >= 11 is 0. The lowest BCUT2D eigenvalue weighted by molar-refractivity contribution is -0.125. The van der Waals surface area contributed by atoms with Gasteiger partial charge in [-0.05, 0) is 24.7 Å². The van der Waals surface area contributed by atoms with Crippen LogP contribution in [0.1, 0.15) is 39.5 Å². The molecule has 0 radical (unpaired) electrons. The van der Waals surface area contributed by atoms with Crippen molar-refractivity contribution in [3.8, 4) is 0 Å². The van der Waals surface area contributed by atoms with E-state index in [2.05, 4.69) is 5.32 Å². The van der Waals surface area contributed by atoms with Crippen LogP contribution in [0.5, 0.6) is 0 Å². The molecule has 1 amide bonds. The highest BCUT2D eigenvalue weighted by Gasteiger charge is 2.30. The first-order valence-electron chi connectivity index (χ1n) is 6.10. The summed E-state index contributed by atoms with van der Waals surface area (Å²) in [6.45, 7) is 4.84. The minimum Gasteiger partial charge on any atom is -0.396 e. The van der Waals surface area contributed by atoms with Gasteiger partial charge in [0.1, 0.15) is 0 Å². The van der Waals surface area contributed by atoms with Gasteiger partial charge in [-0.3, -0.25) is 4.79 Å². The van der Waals surface area contributed by atoms with E-state index in [9.17, 15) is 4.79 Å². The summed E-state index contributed by atoms with van der Waals surface area (Å²) in [6.07, 6.45) is 3.62. The van der Waals surface area contributed by atoms with Gasteiger partial charge < -0.3 is 16.2 Å². The van der Waals surface area contributed by atoms with Crippen LogP contribution in [0.25, 0.3) is 0 Å². The fraction of sp³-hybridized carbons (Fsp3) is 0.917. The Balaban J connectivity index is 2.34. The van der Waals surface area contributed by atoms with Crippen LogP contribution in [0.2, 0.25) is 0 Å². The SMILES string of the molecule is CC(C)(CCO)CNC(=O)C1CCCC1N. The van der Waals surface area contributed by atoms with Gasteiger partial charge in [0.2, 0.25) is 5.91 Å². The Hall–Kier alpha value is -0.610. The molecule has 4 heteroatoms. The average Bonchev–Trinajstić information content (AvgIpc) is 2.61. The number of hydrogen-bond acceptors (Lipinski definition) is 3. The molecule has 2 unspecified atom stereocenters. The third-order valence-electron chi connectivity index (χ3n) is 3.44. The zero-order valence-corrected chi connectivity index (χ0v) is 10.3. The summed E-state index contributed by atoms with van der Waals surface area (Å²) in [5.74, 6) is 0.0703. The number of carbonyl (C=O) groups excluding carboxylic acids is 1. The first-order valence-corrected chi connectivity index (χ1v) is 6.10. The van der Waals surface area contributed by atoms with Gasteiger partial charge in [-0.15, -0.1) is 0 Å². The molecule has 16 heavy (non-hydrogen) atoms. The van der Waals surface area contributed by atoms with Crippen LogP contribution in [0.4, 0.5) is 0 Å². The van der Waals surface area contributed by atoms with Crippen molar-refractivity contribution in [1.29, 1.82) is 0 Å². The van der Waals surface area contributed by atoms with Gasteiger partial charge >= 0.3 is 0 Å². The Labute approximate surface area is 97.6 Å². The summed E-state index contributed by atoms with van der Waals surface area (Å²) in [4.78, 5) is 11.9. The summed E-state index contributed by atoms with van der Waals surface area (Å²) in [7, 11) is 0. The lowest BCUT2D eigenvalue weighted by Crippen LogP contribution is -2.42. The van der Waals surface area contributed by atoms with Crippen molar-refractivity contribution < 1.29 is 9.90 Å². The zero-order valence-electron chi connectivity index (χ0n) is 10.3. The lowest BCUT2D eigenvalue weighted by atomic mass is 9.89. The molecule has 0 aromatic heterocycles. The number of hydrogen-bond donors (Lipinski definition) is 3. The predicted octanol–water partition coefficient (Wildman–Crippen LogP) is 0.639. The fourth-order valence-electron chi connectivity index (χ4n) is 2.16. The van der Waals surface area contributed by atoms with Crippen LogP contribution in [-0.4, -0.2) is 30.2 Å². The third-order valence-corrected chi connectivity index (χ3v) is 3.44. The molecule has 4 nitrogen and oxygen atoms in total. The molecule has 2 atom stereocenters. The van der Waals surface area contributed by atoms with E-state index in [-0.39, 0.29) is 29.9 Å². The number of aliphatic hydroxyl groups excluding tert-OH is 1. The second-order valence-corrected chi connectivity index (χ2v) is 5.56. The summed E-state index contributed by atoms with van der Waals surface area (Å²) in [5, 5.41) is 11.8. The number of carbonyl (C=O) groups is 1. The van der Waals surface area contributed by atoms with Crippen LogP contribution in [-0.2, 0) is 4.79 Å². The Morgan fingerprint density at radius 2 is 2.19 bits per heavy atom. The van der Waals surface area contributed by atoms with Crippen LogP contribution in [0, 0.1) is 11.3 Å². The second-order valence-electron chi connectivity index (χ2n) is 5.56. The van der Waals surface area contributed by atoms with Crippen molar-refractivity contribution in [2.24, 2.45) is 17.1 Å². The highest BCUT2D eigenvalue weighted by molar-refractivity contribution is 5.79. The molecule has 1 rings (SSSR count). The molecule has 0 saturated heterocycles. The van der Waals surface area contributed by atoms with Crippen molar-refractivity contribution in [2.45, 2.75) is 45.6 Å². The maximum Gasteiger partial charge on any atom is 0.224 e. The second kappa shape index (κ2) is 5.64. The number of aliphatic hydroxyl groups is 1. The van der Waals surface area contributed by atoms with Crippen molar-refractivity contribution in [2.75, 3.05) is 13.2 Å². The van der Waals surface area contributed by atoms with Gasteiger partial charge in [0.05, 0.1) is 5.92 Å². The largest absolute Gasteiger partial charge is 0.396 e. The maximum absolute atomic E-state index is 11.9. The number of rotatable bonds is 5. The Bertz CT molecular complexity index is 241. The smallest absolute Gasteiger partial charge is 0.224 e. The number of nitrogens with two attached hydrogens (primary N) is 1. The molecule has 0 aromatic carbocycles. The Morgan fingerprint density at radius 1 is 1.50 bits per heavy atom. The summed E-state index contributed by atoms with van der Waals surface area (Å²) in [6, 6.07) is 0.0287. The summed E-state index contributed by atoms with van der Waals surface area (Å²) < 4.78 is 0. The molecule has 1 saturated carbocycles. The van der Waals surface area contributed by atoms with Gasteiger partial charge in [0, 0.05) is 19.2 Å². The first-order chi connectivity index (χ1) is 7.46. The molecule has 0 bridgehead atoms. The summed E-state index contributed by atoms with van der Waals surface area (Å²) in [5.41, 5.74) is 5.83. The predicted molar refractivity (Wildman–Crippen MR) is 63.8 cm³/mol. The van der Waals surface area contributed by atoms with Crippen molar-refractivity contribution in [3.05, 3.63) is 0 Å². The van der Waals surface area contributed by atoms with E-state index in [1.165, 1.54) is 0 Å². The molecule has 1 aliphatic carbocycles. The van der Waals surface area contributed by atoms with Gasteiger partial charge in [-0.2, -0.15) is 0 Å². The monoisotopic (exact) mass is 228 g/mol. The molecule has 0 aliphatic heterocycles. The van der Waals surface area contributed by atoms with Gasteiger partial charge in [0.15, 0.2) is 0 Å². The highest BCUT2D eigenvalue weighted by atomic mass is 16.3. The van der Waals surface area contributed by atoms with Gasteiger partial charge in [0.25, 0.3) is 0 Å². The zero-order chi connectivity index (χ0) is 12.2. The molecule has 0 aromatic rings. The topological polar surface area (TPSA) is 75.3 Å². The van der Waals surface area contributed by atoms with Gasteiger partial charge in [-0.25, -0.2) is 0 Å². The van der Waals surface area contributed by atoms with Crippen LogP contribution >= 0.6 is 0 Å². The molecule has 94 valence electrons. The van der Waals surface area contributed by atoms with E-state index in [1.807, 2.05) is 13.8 Å². The molecule has 1 aliphatic rings.